The Morgan fingerprint density at radius 1 is 0.444 bits per heavy atom. The predicted octanol–water partition coefficient (Wildman–Crippen LogP) is 15.9. The van der Waals surface area contributed by atoms with Crippen molar-refractivity contribution >= 4 is 38.9 Å². The van der Waals surface area contributed by atoms with E-state index in [2.05, 4.69) is 205 Å². The number of hydrogen-bond donors (Lipinski definition) is 0. The molecule has 4 saturated carbocycles. The van der Waals surface area contributed by atoms with Crippen LogP contribution >= 0.6 is 0 Å². The molecule has 0 saturated heterocycles. The van der Waals surface area contributed by atoms with Crippen LogP contribution in [0.2, 0.25) is 0 Å². The molecule has 0 atom stereocenters. The molecular weight excluding hydrogens is 761 g/mol. The highest BCUT2D eigenvalue weighted by Crippen LogP contribution is 2.70. The maximum absolute atomic E-state index is 2.60. The summed E-state index contributed by atoms with van der Waals surface area (Å²) in [6, 6.07) is 69.3. The van der Waals surface area contributed by atoms with Crippen molar-refractivity contribution in [1.82, 2.24) is 4.57 Å². The highest BCUT2D eigenvalue weighted by Gasteiger charge is 2.62. The SMILES string of the molecule is CC1(C)c2ccccc2-c2ccc(N(c3ccc(-c4ccc(-n5c6ccccc6c6ccccc65)cc4)cc3)c3cccc4c3-c3ccccc3C43C4CC5CC(C4)CC3C5)cc21. The molecule has 4 bridgehead atoms. The van der Waals surface area contributed by atoms with Gasteiger partial charge < -0.3 is 9.47 Å². The van der Waals surface area contributed by atoms with E-state index >= 15 is 0 Å². The number of para-hydroxylation sites is 2. The van der Waals surface area contributed by atoms with E-state index < -0.39 is 0 Å². The molecule has 6 aliphatic rings. The molecule has 63 heavy (non-hydrogen) atoms. The number of aromatic nitrogens is 1. The molecule has 0 N–H and O–H groups in total. The Labute approximate surface area is 370 Å². The molecule has 0 radical (unpaired) electrons. The summed E-state index contributed by atoms with van der Waals surface area (Å²) in [5.74, 6) is 3.27. The molecule has 0 unspecified atom stereocenters. The lowest BCUT2D eigenvalue weighted by molar-refractivity contribution is -0.0399. The van der Waals surface area contributed by atoms with Crippen molar-refractivity contribution in [3.63, 3.8) is 0 Å². The van der Waals surface area contributed by atoms with E-state index in [4.69, 9.17) is 0 Å². The molecule has 9 aromatic rings. The molecule has 1 heterocycles. The van der Waals surface area contributed by atoms with Gasteiger partial charge in [0.1, 0.15) is 0 Å². The van der Waals surface area contributed by atoms with Crippen molar-refractivity contribution < 1.29 is 0 Å². The Kier molecular flexibility index (Phi) is 7.38. The lowest BCUT2D eigenvalue weighted by Crippen LogP contribution is -2.55. The maximum atomic E-state index is 2.60. The summed E-state index contributed by atoms with van der Waals surface area (Å²) in [6.07, 6.45) is 7.00. The molecular formula is C61H50N2. The zero-order chi connectivity index (χ0) is 41.6. The van der Waals surface area contributed by atoms with Crippen molar-refractivity contribution in [3.05, 3.63) is 204 Å². The minimum absolute atomic E-state index is 0.0987. The van der Waals surface area contributed by atoms with E-state index in [1.165, 1.54) is 121 Å². The Morgan fingerprint density at radius 3 is 1.67 bits per heavy atom. The Balaban J connectivity index is 0.913. The smallest absolute Gasteiger partial charge is 0.0543 e. The fraction of sp³-hybridized carbons (Fsp3) is 0.213. The fourth-order valence-corrected chi connectivity index (χ4v) is 14.4. The summed E-state index contributed by atoms with van der Waals surface area (Å²) in [7, 11) is 0. The molecule has 6 aliphatic carbocycles. The third kappa shape index (κ3) is 4.85. The van der Waals surface area contributed by atoms with Crippen LogP contribution in [0.5, 0.6) is 0 Å². The zero-order valence-electron chi connectivity index (χ0n) is 36.1. The minimum atomic E-state index is -0.0987. The predicted molar refractivity (Wildman–Crippen MR) is 262 cm³/mol. The fourth-order valence-electron chi connectivity index (χ4n) is 14.4. The summed E-state index contributed by atoms with van der Waals surface area (Å²) in [5, 5.41) is 2.57. The summed E-state index contributed by atoms with van der Waals surface area (Å²) in [4.78, 5) is 2.60. The van der Waals surface area contributed by atoms with Gasteiger partial charge in [0.25, 0.3) is 0 Å². The minimum Gasteiger partial charge on any atom is -0.310 e. The monoisotopic (exact) mass is 810 g/mol. The van der Waals surface area contributed by atoms with Gasteiger partial charge >= 0.3 is 0 Å². The first-order valence-electron chi connectivity index (χ1n) is 23.4. The Bertz CT molecular complexity index is 3240. The van der Waals surface area contributed by atoms with E-state index in [-0.39, 0.29) is 10.8 Å². The van der Waals surface area contributed by atoms with Crippen LogP contribution < -0.4 is 4.90 Å². The number of hydrogen-bond acceptors (Lipinski definition) is 1. The van der Waals surface area contributed by atoms with Gasteiger partial charge in [-0.25, -0.2) is 0 Å². The number of benzene rings is 8. The highest BCUT2D eigenvalue weighted by molar-refractivity contribution is 6.09. The van der Waals surface area contributed by atoms with Gasteiger partial charge in [0, 0.05) is 44.2 Å². The quantitative estimate of drug-likeness (QED) is 0.168. The average molecular weight is 811 g/mol. The van der Waals surface area contributed by atoms with Gasteiger partial charge in [-0.2, -0.15) is 0 Å². The first-order chi connectivity index (χ1) is 31.0. The molecule has 1 aromatic heterocycles. The molecule has 304 valence electrons. The Hall–Kier alpha value is -6.64. The zero-order valence-corrected chi connectivity index (χ0v) is 36.1. The van der Waals surface area contributed by atoms with E-state index in [1.54, 1.807) is 11.1 Å². The van der Waals surface area contributed by atoms with Gasteiger partial charge in [0.2, 0.25) is 0 Å². The third-order valence-corrected chi connectivity index (χ3v) is 16.8. The van der Waals surface area contributed by atoms with E-state index in [0.717, 1.165) is 23.7 Å². The van der Waals surface area contributed by atoms with Gasteiger partial charge in [-0.3, -0.25) is 0 Å². The van der Waals surface area contributed by atoms with Crippen molar-refractivity contribution in [2.75, 3.05) is 4.90 Å². The Morgan fingerprint density at radius 2 is 0.984 bits per heavy atom. The largest absolute Gasteiger partial charge is 0.310 e. The van der Waals surface area contributed by atoms with Crippen molar-refractivity contribution in [2.24, 2.45) is 23.7 Å². The topological polar surface area (TPSA) is 8.17 Å². The van der Waals surface area contributed by atoms with Gasteiger partial charge in [0.05, 0.1) is 16.7 Å². The van der Waals surface area contributed by atoms with Crippen molar-refractivity contribution in [3.8, 4) is 39.1 Å². The lowest BCUT2D eigenvalue weighted by Gasteiger charge is -2.61. The van der Waals surface area contributed by atoms with Crippen LogP contribution in [0, 0.1) is 23.7 Å². The summed E-state index contributed by atoms with van der Waals surface area (Å²) >= 11 is 0. The molecule has 1 spiro atoms. The second-order valence-electron chi connectivity index (χ2n) is 20.1. The van der Waals surface area contributed by atoms with E-state index in [1.807, 2.05) is 0 Å². The van der Waals surface area contributed by atoms with Gasteiger partial charge in [-0.15, -0.1) is 0 Å². The molecule has 0 aliphatic heterocycles. The normalized spacial score (nSPS) is 23.0. The average Bonchev–Trinajstić information content (AvgIpc) is 3.90. The molecule has 2 nitrogen and oxygen atoms in total. The second-order valence-corrected chi connectivity index (χ2v) is 20.1. The van der Waals surface area contributed by atoms with Gasteiger partial charge in [-0.1, -0.05) is 141 Å². The summed E-state index contributed by atoms with van der Waals surface area (Å²) in [5.41, 5.74) is 21.4. The van der Waals surface area contributed by atoms with Crippen LogP contribution in [-0.2, 0) is 10.8 Å². The lowest BCUT2D eigenvalue weighted by atomic mass is 9.43. The number of rotatable bonds is 5. The maximum Gasteiger partial charge on any atom is 0.0543 e. The van der Waals surface area contributed by atoms with Crippen LogP contribution in [0.4, 0.5) is 17.1 Å². The van der Waals surface area contributed by atoms with Crippen LogP contribution in [0.1, 0.15) is 68.2 Å². The third-order valence-electron chi connectivity index (χ3n) is 16.8. The van der Waals surface area contributed by atoms with Crippen LogP contribution in [-0.4, -0.2) is 4.57 Å². The van der Waals surface area contributed by atoms with Crippen LogP contribution in [0.3, 0.4) is 0 Å². The van der Waals surface area contributed by atoms with E-state index in [0.29, 0.717) is 0 Å². The number of anilines is 3. The van der Waals surface area contributed by atoms with Crippen molar-refractivity contribution in [2.45, 2.75) is 56.8 Å². The molecule has 4 fully saturated rings. The first kappa shape index (κ1) is 35.9. The summed E-state index contributed by atoms with van der Waals surface area (Å²) < 4.78 is 2.40. The first-order valence-corrected chi connectivity index (χ1v) is 23.4. The van der Waals surface area contributed by atoms with Crippen LogP contribution in [0.25, 0.3) is 60.9 Å². The van der Waals surface area contributed by atoms with Crippen LogP contribution in [0.15, 0.2) is 182 Å². The van der Waals surface area contributed by atoms with Gasteiger partial charge in [-0.05, 0) is 160 Å². The summed E-state index contributed by atoms with van der Waals surface area (Å²) in [6.45, 7) is 4.81. The highest BCUT2D eigenvalue weighted by atomic mass is 15.1. The standard InChI is InChI=1S/C61H50N2/c1-60(2)52-16-7-3-12-47(52)48-31-30-46(37-55(48)60)62(58-21-11-18-54-59(58)51-15-4-8-17-53(51)61(54)42-33-38-32-39(35-42)36-43(61)34-38)44-26-22-40(23-27-44)41-24-28-45(29-25-41)63-56-19-9-5-13-49(56)50-14-6-10-20-57(50)63/h3-31,37-39,42-43H,32-36H2,1-2H3. The number of nitrogens with zero attached hydrogens (tertiary/aromatic N) is 2. The number of fused-ring (bicyclic) bond motifs is 9. The second kappa shape index (κ2) is 13.0. The molecule has 8 aromatic carbocycles. The molecule has 0 amide bonds. The molecule has 2 heteroatoms. The molecule has 15 rings (SSSR count). The van der Waals surface area contributed by atoms with Gasteiger partial charge in [0.15, 0.2) is 0 Å². The van der Waals surface area contributed by atoms with Crippen molar-refractivity contribution in [1.29, 1.82) is 0 Å². The van der Waals surface area contributed by atoms with E-state index in [9.17, 15) is 0 Å².